The molecule has 7 nitrogen and oxygen atoms in total. The smallest absolute Gasteiger partial charge is 0.410 e. The number of ether oxygens (including phenoxy) is 1. The molecule has 1 aliphatic heterocycles. The van der Waals surface area contributed by atoms with Gasteiger partial charge in [-0.3, -0.25) is 9.36 Å². The number of anilines is 1. The van der Waals surface area contributed by atoms with E-state index in [2.05, 4.69) is 4.90 Å². The first-order valence-corrected chi connectivity index (χ1v) is 12.0. The third-order valence-electron chi connectivity index (χ3n) is 5.90. The van der Waals surface area contributed by atoms with Gasteiger partial charge in [-0.25, -0.2) is 9.78 Å². The highest BCUT2D eigenvalue weighted by Gasteiger charge is 2.29. The molecule has 3 aromatic rings. The number of hydrogen-bond acceptors (Lipinski definition) is 5. The molecule has 1 amide bonds. The van der Waals surface area contributed by atoms with Crippen molar-refractivity contribution in [3.63, 3.8) is 0 Å². The van der Waals surface area contributed by atoms with Crippen molar-refractivity contribution in [2.24, 2.45) is 0 Å². The summed E-state index contributed by atoms with van der Waals surface area (Å²) in [6.07, 6.45) is -0.327. The van der Waals surface area contributed by atoms with Gasteiger partial charge in [0, 0.05) is 54.4 Å². The molecular formula is C26H31ClN4O3. The molecule has 0 bridgehead atoms. The number of carbonyl (C=O) groups is 1. The zero-order valence-corrected chi connectivity index (χ0v) is 21.1. The normalized spacial score (nSPS) is 14.5. The minimum absolute atomic E-state index is 0.0891. The molecular weight excluding hydrogens is 452 g/mol. The van der Waals surface area contributed by atoms with Crippen molar-refractivity contribution in [3.8, 4) is 11.1 Å². The van der Waals surface area contributed by atoms with Crippen molar-refractivity contribution in [2.45, 2.75) is 46.8 Å². The van der Waals surface area contributed by atoms with Gasteiger partial charge in [0.2, 0.25) is 0 Å². The third-order valence-corrected chi connectivity index (χ3v) is 6.14. The molecule has 1 aliphatic rings. The van der Waals surface area contributed by atoms with E-state index in [1.165, 1.54) is 0 Å². The van der Waals surface area contributed by atoms with Crippen LogP contribution in [-0.4, -0.2) is 52.3 Å². The Kier molecular flexibility index (Phi) is 6.58. The number of carbonyl (C=O) groups excluding carboxylic acids is 1. The Morgan fingerprint density at radius 1 is 1.12 bits per heavy atom. The first kappa shape index (κ1) is 24.1. The summed E-state index contributed by atoms with van der Waals surface area (Å²) in [6, 6.07) is 11.6. The Hall–Kier alpha value is -3.06. The largest absolute Gasteiger partial charge is 0.444 e. The van der Waals surface area contributed by atoms with Crippen molar-refractivity contribution in [1.82, 2.24) is 14.5 Å². The molecule has 0 unspecified atom stereocenters. The number of amides is 1. The van der Waals surface area contributed by atoms with Crippen LogP contribution in [0.15, 0.2) is 41.2 Å². The molecule has 1 saturated heterocycles. The summed E-state index contributed by atoms with van der Waals surface area (Å²) in [7, 11) is 0. The van der Waals surface area contributed by atoms with Crippen molar-refractivity contribution in [2.75, 3.05) is 31.1 Å². The second-order valence-corrected chi connectivity index (χ2v) is 10.00. The summed E-state index contributed by atoms with van der Waals surface area (Å²) < 4.78 is 7.26. The lowest BCUT2D eigenvalue weighted by Gasteiger charge is -2.37. The van der Waals surface area contributed by atoms with Gasteiger partial charge in [-0.15, -0.1) is 0 Å². The Morgan fingerprint density at radius 3 is 2.44 bits per heavy atom. The minimum atomic E-state index is -0.549. The molecule has 0 aliphatic carbocycles. The topological polar surface area (TPSA) is 67.7 Å². The van der Waals surface area contributed by atoms with E-state index in [4.69, 9.17) is 21.3 Å². The molecule has 0 spiro atoms. The molecule has 1 fully saturated rings. The fourth-order valence-corrected chi connectivity index (χ4v) is 4.55. The fourth-order valence-electron chi connectivity index (χ4n) is 4.36. The van der Waals surface area contributed by atoms with E-state index in [1.54, 1.807) is 9.47 Å². The lowest BCUT2D eigenvalue weighted by atomic mass is 9.99. The Labute approximate surface area is 204 Å². The van der Waals surface area contributed by atoms with Crippen LogP contribution >= 0.6 is 11.6 Å². The van der Waals surface area contributed by atoms with E-state index in [-0.39, 0.29) is 11.7 Å². The molecule has 180 valence electrons. The molecule has 1 aromatic carbocycles. The lowest BCUT2D eigenvalue weighted by molar-refractivity contribution is 0.0240. The second kappa shape index (κ2) is 9.29. The summed E-state index contributed by atoms with van der Waals surface area (Å²) in [5.74, 6) is 0. The summed E-state index contributed by atoms with van der Waals surface area (Å²) in [4.78, 5) is 34.9. The quantitative estimate of drug-likeness (QED) is 0.519. The maximum atomic E-state index is 13.8. The van der Waals surface area contributed by atoms with Crippen molar-refractivity contribution in [1.29, 1.82) is 0 Å². The van der Waals surface area contributed by atoms with E-state index in [9.17, 15) is 9.59 Å². The lowest BCUT2D eigenvalue weighted by Crippen LogP contribution is -2.51. The summed E-state index contributed by atoms with van der Waals surface area (Å²) in [6.45, 7) is 11.9. The highest BCUT2D eigenvalue weighted by molar-refractivity contribution is 6.31. The summed E-state index contributed by atoms with van der Waals surface area (Å²) >= 11 is 6.34. The van der Waals surface area contributed by atoms with Crippen LogP contribution in [0.2, 0.25) is 5.02 Å². The fraction of sp³-hybridized carbons (Fsp3) is 0.423. The maximum Gasteiger partial charge on any atom is 0.410 e. The van der Waals surface area contributed by atoms with Gasteiger partial charge in [0.1, 0.15) is 16.9 Å². The van der Waals surface area contributed by atoms with Crippen molar-refractivity contribution < 1.29 is 9.53 Å². The Balaban J connectivity index is 1.82. The van der Waals surface area contributed by atoms with Gasteiger partial charge in [0.25, 0.3) is 5.56 Å². The van der Waals surface area contributed by atoms with E-state index < -0.39 is 5.60 Å². The van der Waals surface area contributed by atoms with Crippen molar-refractivity contribution >= 4 is 34.4 Å². The maximum absolute atomic E-state index is 13.8. The van der Waals surface area contributed by atoms with Crippen LogP contribution < -0.4 is 10.5 Å². The van der Waals surface area contributed by atoms with E-state index in [1.807, 2.05) is 71.0 Å². The summed E-state index contributed by atoms with van der Waals surface area (Å²) in [5, 5.41) is 1.50. The molecule has 8 heteroatoms. The zero-order valence-electron chi connectivity index (χ0n) is 20.4. The number of pyridine rings is 2. The van der Waals surface area contributed by atoms with Crippen LogP contribution in [0, 0.1) is 6.92 Å². The highest BCUT2D eigenvalue weighted by Crippen LogP contribution is 2.36. The average Bonchev–Trinajstić information content (AvgIpc) is 2.77. The number of piperazine rings is 1. The van der Waals surface area contributed by atoms with Gasteiger partial charge in [0.15, 0.2) is 0 Å². The molecule has 0 atom stereocenters. The number of fused-ring (bicyclic) bond motifs is 1. The first-order chi connectivity index (χ1) is 16.1. The number of hydrogen-bond donors (Lipinski definition) is 0. The molecule has 0 saturated carbocycles. The average molecular weight is 483 g/mol. The summed E-state index contributed by atoms with van der Waals surface area (Å²) in [5.41, 5.74) is 3.19. The Bertz CT molecular complexity index is 1290. The van der Waals surface area contributed by atoms with Crippen LogP contribution in [0.3, 0.4) is 0 Å². The predicted octanol–water partition coefficient (Wildman–Crippen LogP) is 5.10. The minimum Gasteiger partial charge on any atom is -0.444 e. The van der Waals surface area contributed by atoms with E-state index in [0.29, 0.717) is 49.1 Å². The molecule has 0 N–H and O–H groups in total. The van der Waals surface area contributed by atoms with Gasteiger partial charge >= 0.3 is 6.09 Å². The molecule has 0 radical (unpaired) electrons. The number of aromatic nitrogens is 2. The van der Waals surface area contributed by atoms with Crippen LogP contribution in [0.1, 0.15) is 33.4 Å². The standard InChI is InChI=1S/C26H31ClN4O3/c1-6-31-23-20(11-10-17(2)28-23)21(18-8-7-9-19(27)16-18)22(24(31)32)29-12-14-30(15-13-29)25(33)34-26(3,4)5/h7-11,16H,6,12-15H2,1-5H3. The monoisotopic (exact) mass is 482 g/mol. The van der Waals surface area contributed by atoms with Crippen molar-refractivity contribution in [3.05, 3.63) is 57.5 Å². The first-order valence-electron chi connectivity index (χ1n) is 11.6. The van der Waals surface area contributed by atoms with Crippen LogP contribution in [-0.2, 0) is 11.3 Å². The number of nitrogens with zero attached hydrogens (tertiary/aromatic N) is 4. The third kappa shape index (κ3) is 4.75. The van der Waals surface area contributed by atoms with Gasteiger partial charge in [0.05, 0.1) is 0 Å². The van der Waals surface area contributed by atoms with Gasteiger partial charge in [-0.1, -0.05) is 23.7 Å². The van der Waals surface area contributed by atoms with Gasteiger partial charge in [-0.2, -0.15) is 0 Å². The molecule has 4 rings (SSSR count). The molecule has 3 heterocycles. The Morgan fingerprint density at radius 2 is 1.82 bits per heavy atom. The second-order valence-electron chi connectivity index (χ2n) is 9.56. The number of rotatable bonds is 3. The number of halogens is 1. The van der Waals surface area contributed by atoms with E-state index in [0.717, 1.165) is 22.2 Å². The number of aryl methyl sites for hydroxylation is 2. The van der Waals surface area contributed by atoms with Crippen LogP contribution in [0.5, 0.6) is 0 Å². The van der Waals surface area contributed by atoms with Crippen LogP contribution in [0.25, 0.3) is 22.2 Å². The zero-order chi connectivity index (χ0) is 24.6. The van der Waals surface area contributed by atoms with Crippen LogP contribution in [0.4, 0.5) is 10.5 Å². The highest BCUT2D eigenvalue weighted by atomic mass is 35.5. The SMILES string of the molecule is CCn1c(=O)c(N2CCN(C(=O)OC(C)(C)C)CC2)c(-c2cccc(Cl)c2)c2ccc(C)nc21. The molecule has 2 aromatic heterocycles. The van der Waals surface area contributed by atoms with Gasteiger partial charge in [-0.05, 0) is 64.4 Å². The number of benzene rings is 1. The molecule has 34 heavy (non-hydrogen) atoms. The van der Waals surface area contributed by atoms with Gasteiger partial charge < -0.3 is 14.5 Å². The predicted molar refractivity (Wildman–Crippen MR) is 137 cm³/mol. The van der Waals surface area contributed by atoms with E-state index >= 15 is 0 Å².